The zero-order chi connectivity index (χ0) is 20.6. The maximum atomic E-state index is 12.9. The van der Waals surface area contributed by atoms with E-state index in [0.29, 0.717) is 22.0 Å². The van der Waals surface area contributed by atoms with Crippen LogP contribution in [0.15, 0.2) is 24.3 Å². The van der Waals surface area contributed by atoms with Crippen molar-refractivity contribution >= 4 is 23.3 Å². The average Bonchev–Trinajstić information content (AvgIpc) is 3.03. The molecule has 0 spiro atoms. The van der Waals surface area contributed by atoms with Gasteiger partial charge in [-0.05, 0) is 32.4 Å². The summed E-state index contributed by atoms with van der Waals surface area (Å²) in [5.41, 5.74) is 2.07. The first-order valence-corrected chi connectivity index (χ1v) is 8.79. The molecule has 2 heterocycles. The number of aryl methyl sites for hydroxylation is 2. The lowest BCUT2D eigenvalue weighted by atomic mass is 10.1. The van der Waals surface area contributed by atoms with E-state index in [1.807, 2.05) is 12.1 Å². The SMILES string of the molecule is Cc1nc2nc(C(F)(F)F)nn2c(C)c1CC(=O)NC(C)c1ccccc1Cl. The van der Waals surface area contributed by atoms with Crippen LogP contribution in [0, 0.1) is 13.8 Å². The van der Waals surface area contributed by atoms with Crippen LogP contribution >= 0.6 is 11.6 Å². The van der Waals surface area contributed by atoms with Crippen LogP contribution in [0.25, 0.3) is 5.78 Å². The number of benzene rings is 1. The average molecular weight is 412 g/mol. The summed E-state index contributed by atoms with van der Waals surface area (Å²) in [7, 11) is 0. The van der Waals surface area contributed by atoms with E-state index in [9.17, 15) is 18.0 Å². The van der Waals surface area contributed by atoms with Crippen molar-refractivity contribution in [2.75, 3.05) is 0 Å². The number of rotatable bonds is 4. The highest BCUT2D eigenvalue weighted by molar-refractivity contribution is 6.31. The van der Waals surface area contributed by atoms with Crippen LogP contribution in [0.5, 0.6) is 0 Å². The van der Waals surface area contributed by atoms with Crippen molar-refractivity contribution in [3.8, 4) is 0 Å². The van der Waals surface area contributed by atoms with Crippen LogP contribution in [0.3, 0.4) is 0 Å². The molecular formula is C18H17ClF3N5O. The minimum Gasteiger partial charge on any atom is -0.349 e. The molecule has 0 radical (unpaired) electrons. The summed E-state index contributed by atoms with van der Waals surface area (Å²) >= 11 is 6.15. The first-order valence-electron chi connectivity index (χ1n) is 8.41. The van der Waals surface area contributed by atoms with Gasteiger partial charge in [-0.25, -0.2) is 9.50 Å². The third-order valence-corrected chi connectivity index (χ3v) is 4.73. The number of hydrogen-bond acceptors (Lipinski definition) is 4. The summed E-state index contributed by atoms with van der Waals surface area (Å²) in [6.45, 7) is 5.00. The maximum Gasteiger partial charge on any atom is 0.453 e. The molecule has 148 valence electrons. The molecule has 2 aromatic heterocycles. The second kappa shape index (κ2) is 7.38. The van der Waals surface area contributed by atoms with Crippen LogP contribution in [-0.4, -0.2) is 25.5 Å². The van der Waals surface area contributed by atoms with Crippen LogP contribution in [0.2, 0.25) is 5.02 Å². The standard InChI is InChI=1S/C18H17ClF3N5O/c1-9(12-6-4-5-7-14(12)19)23-15(28)8-13-10(2)24-17-25-16(18(20,21)22)26-27(17)11(13)3/h4-7,9H,8H2,1-3H3,(H,23,28). The zero-order valence-electron chi connectivity index (χ0n) is 15.3. The van der Waals surface area contributed by atoms with Crippen LogP contribution in [0.4, 0.5) is 13.2 Å². The van der Waals surface area contributed by atoms with Crippen molar-refractivity contribution in [3.05, 3.63) is 57.6 Å². The number of aromatic nitrogens is 4. The van der Waals surface area contributed by atoms with Gasteiger partial charge >= 0.3 is 6.18 Å². The van der Waals surface area contributed by atoms with E-state index in [2.05, 4.69) is 20.4 Å². The first-order chi connectivity index (χ1) is 13.1. The fourth-order valence-corrected chi connectivity index (χ4v) is 3.24. The molecule has 0 aliphatic rings. The molecular weight excluding hydrogens is 395 g/mol. The summed E-state index contributed by atoms with van der Waals surface area (Å²) in [6.07, 6.45) is -4.73. The molecule has 0 aliphatic carbocycles. The third-order valence-electron chi connectivity index (χ3n) is 4.39. The Labute approximate surface area is 163 Å². The topological polar surface area (TPSA) is 72.2 Å². The number of halogens is 4. The van der Waals surface area contributed by atoms with Gasteiger partial charge in [-0.15, -0.1) is 5.10 Å². The Balaban J connectivity index is 1.85. The van der Waals surface area contributed by atoms with E-state index in [4.69, 9.17) is 11.6 Å². The molecule has 28 heavy (non-hydrogen) atoms. The van der Waals surface area contributed by atoms with Gasteiger partial charge in [0.2, 0.25) is 5.91 Å². The van der Waals surface area contributed by atoms with E-state index in [0.717, 1.165) is 10.1 Å². The second-order valence-corrected chi connectivity index (χ2v) is 6.80. The van der Waals surface area contributed by atoms with E-state index in [1.54, 1.807) is 32.9 Å². The number of alkyl halides is 3. The van der Waals surface area contributed by atoms with Gasteiger partial charge in [0.25, 0.3) is 11.6 Å². The first kappa shape index (κ1) is 20.1. The minimum atomic E-state index is -4.67. The van der Waals surface area contributed by atoms with Crippen LogP contribution < -0.4 is 5.32 Å². The third kappa shape index (κ3) is 3.94. The summed E-state index contributed by atoms with van der Waals surface area (Å²) in [5, 5.41) is 6.86. The summed E-state index contributed by atoms with van der Waals surface area (Å²) in [4.78, 5) is 20.0. The Morgan fingerprint density at radius 3 is 2.57 bits per heavy atom. The second-order valence-electron chi connectivity index (χ2n) is 6.39. The normalized spacial score (nSPS) is 13.0. The van der Waals surface area contributed by atoms with Crippen LogP contribution in [-0.2, 0) is 17.4 Å². The van der Waals surface area contributed by atoms with Crippen molar-refractivity contribution in [2.24, 2.45) is 0 Å². The van der Waals surface area contributed by atoms with Gasteiger partial charge in [0.05, 0.1) is 12.5 Å². The highest BCUT2D eigenvalue weighted by Crippen LogP contribution is 2.27. The lowest BCUT2D eigenvalue weighted by Gasteiger charge is -2.17. The van der Waals surface area contributed by atoms with Crippen molar-refractivity contribution in [2.45, 2.75) is 39.4 Å². The summed E-state index contributed by atoms with van der Waals surface area (Å²) < 4.78 is 39.6. The van der Waals surface area contributed by atoms with Gasteiger partial charge in [0.15, 0.2) is 0 Å². The van der Waals surface area contributed by atoms with Crippen LogP contribution in [0.1, 0.15) is 41.3 Å². The van der Waals surface area contributed by atoms with Gasteiger partial charge in [0.1, 0.15) is 0 Å². The highest BCUT2D eigenvalue weighted by atomic mass is 35.5. The highest BCUT2D eigenvalue weighted by Gasteiger charge is 2.37. The Morgan fingerprint density at radius 1 is 1.25 bits per heavy atom. The molecule has 0 saturated heterocycles. The smallest absolute Gasteiger partial charge is 0.349 e. The molecule has 1 N–H and O–H groups in total. The lowest BCUT2D eigenvalue weighted by molar-refractivity contribution is -0.144. The number of nitrogens with zero attached hydrogens (tertiary/aromatic N) is 4. The maximum absolute atomic E-state index is 12.9. The number of nitrogens with one attached hydrogen (secondary N) is 1. The Bertz CT molecular complexity index is 1050. The monoisotopic (exact) mass is 411 g/mol. The lowest BCUT2D eigenvalue weighted by Crippen LogP contribution is -2.29. The Morgan fingerprint density at radius 2 is 1.93 bits per heavy atom. The minimum absolute atomic E-state index is 0.0589. The Hall–Kier alpha value is -2.68. The van der Waals surface area contributed by atoms with Crippen molar-refractivity contribution in [3.63, 3.8) is 0 Å². The van der Waals surface area contributed by atoms with E-state index < -0.39 is 12.0 Å². The van der Waals surface area contributed by atoms with Crippen molar-refractivity contribution in [1.29, 1.82) is 0 Å². The summed E-state index contributed by atoms with van der Waals surface area (Å²) in [5.74, 6) is -1.73. The molecule has 3 aromatic rings. The molecule has 10 heteroatoms. The van der Waals surface area contributed by atoms with E-state index >= 15 is 0 Å². The van der Waals surface area contributed by atoms with Gasteiger partial charge in [-0.1, -0.05) is 29.8 Å². The fourth-order valence-electron chi connectivity index (χ4n) is 2.94. The van der Waals surface area contributed by atoms with Crippen molar-refractivity contribution in [1.82, 2.24) is 24.9 Å². The molecule has 6 nitrogen and oxygen atoms in total. The quantitative estimate of drug-likeness (QED) is 0.708. The van der Waals surface area contributed by atoms with Gasteiger partial charge < -0.3 is 5.32 Å². The molecule has 0 bridgehead atoms. The predicted molar refractivity (Wildman–Crippen MR) is 97.0 cm³/mol. The molecule has 1 unspecified atom stereocenters. The largest absolute Gasteiger partial charge is 0.453 e. The Kier molecular flexibility index (Phi) is 5.29. The fraction of sp³-hybridized carbons (Fsp3) is 0.333. The van der Waals surface area contributed by atoms with Crippen molar-refractivity contribution < 1.29 is 18.0 Å². The molecule has 1 atom stereocenters. The molecule has 3 rings (SSSR count). The summed E-state index contributed by atoms with van der Waals surface area (Å²) in [6, 6.07) is 6.82. The number of carbonyl (C=O) groups excluding carboxylic acids is 1. The molecule has 0 fully saturated rings. The number of fused-ring (bicyclic) bond motifs is 1. The molecule has 1 aromatic carbocycles. The number of hydrogen-bond donors (Lipinski definition) is 1. The van der Waals surface area contributed by atoms with E-state index in [-0.39, 0.29) is 24.1 Å². The predicted octanol–water partition coefficient (Wildman–Crippen LogP) is 3.83. The van der Waals surface area contributed by atoms with Gasteiger partial charge in [-0.3, -0.25) is 4.79 Å². The van der Waals surface area contributed by atoms with Gasteiger partial charge in [0, 0.05) is 22.0 Å². The zero-order valence-corrected chi connectivity index (χ0v) is 16.1. The van der Waals surface area contributed by atoms with E-state index in [1.165, 1.54) is 0 Å². The molecule has 1 amide bonds. The number of carbonyl (C=O) groups is 1. The van der Waals surface area contributed by atoms with Gasteiger partial charge in [-0.2, -0.15) is 18.2 Å². The number of amides is 1. The molecule has 0 saturated carbocycles. The molecule has 0 aliphatic heterocycles.